The van der Waals surface area contributed by atoms with Gasteiger partial charge in [0.2, 0.25) is 11.5 Å². The van der Waals surface area contributed by atoms with E-state index in [9.17, 15) is 35.7 Å². The van der Waals surface area contributed by atoms with Crippen LogP contribution in [0.4, 0.5) is 0 Å². The first-order valence-corrected chi connectivity index (χ1v) is 19.0. The number of fused-ring (bicyclic) bond motifs is 4. The van der Waals surface area contributed by atoms with Crippen LogP contribution in [0.15, 0.2) is 164 Å². The molecule has 7 heteroatoms. The maximum atomic E-state index is 12.9. The van der Waals surface area contributed by atoms with E-state index in [0.29, 0.717) is 22.1 Å². The molecule has 0 radical (unpaired) electrons. The summed E-state index contributed by atoms with van der Waals surface area (Å²) in [4.78, 5) is 0. The van der Waals surface area contributed by atoms with Crippen molar-refractivity contribution in [3.63, 3.8) is 0 Å². The van der Waals surface area contributed by atoms with Crippen molar-refractivity contribution in [2.75, 3.05) is 0 Å². The molecular weight excluding hydrogens is 737 g/mol. The molecule has 7 nitrogen and oxygen atoms in total. The van der Waals surface area contributed by atoms with E-state index in [1.165, 1.54) is 0 Å². The summed E-state index contributed by atoms with van der Waals surface area (Å²) in [6.45, 7) is 0. The fourth-order valence-corrected chi connectivity index (χ4v) is 8.62. The molecule has 7 N–H and O–H groups in total. The highest BCUT2D eigenvalue weighted by Crippen LogP contribution is 2.62. The molecule has 0 amide bonds. The maximum Gasteiger partial charge on any atom is 0.204 e. The highest BCUT2D eigenvalue weighted by atomic mass is 16.3. The molecule has 0 heterocycles. The number of hydrogen-bond donors (Lipinski definition) is 7. The van der Waals surface area contributed by atoms with Crippen LogP contribution in [0.1, 0.15) is 0 Å². The molecule has 0 atom stereocenters. The molecule has 0 aliphatic rings. The van der Waals surface area contributed by atoms with Gasteiger partial charge >= 0.3 is 0 Å². The Labute approximate surface area is 337 Å². The first-order valence-electron chi connectivity index (χ1n) is 19.0. The smallest absolute Gasteiger partial charge is 0.204 e. The van der Waals surface area contributed by atoms with Crippen LogP contribution in [0, 0.1) is 0 Å². The lowest BCUT2D eigenvalue weighted by Gasteiger charge is -2.24. The minimum Gasteiger partial charge on any atom is -0.506 e. The van der Waals surface area contributed by atoms with E-state index < -0.39 is 40.2 Å². The number of phenols is 7. The van der Waals surface area contributed by atoms with Gasteiger partial charge in [-0.05, 0) is 84.8 Å². The van der Waals surface area contributed by atoms with E-state index in [1.54, 1.807) is 18.2 Å². The molecule has 284 valence electrons. The van der Waals surface area contributed by atoms with E-state index in [0.717, 1.165) is 38.4 Å². The van der Waals surface area contributed by atoms with Crippen molar-refractivity contribution in [3.8, 4) is 95.9 Å². The van der Waals surface area contributed by atoms with E-state index in [4.69, 9.17) is 0 Å². The minimum absolute atomic E-state index is 0.0166. The largest absolute Gasteiger partial charge is 0.506 e. The molecule has 10 aromatic rings. The second kappa shape index (κ2) is 13.5. The Hall–Kier alpha value is -8.16. The normalized spacial score (nSPS) is 11.5. The molecule has 0 unspecified atom stereocenters. The standard InChI is InChI=1S/C52H34O7/c53-46-41(38-21-11-19-31-17-9-10-20-37(31)38)47(54)48(55)43-39(33-23-22-30-16-7-8-18-32(30)24-33)44-45(50(57)52(59)51(58)49(44)56)40(42(43)46)36-26-34(28-12-3-1-4-13-28)25-35(27-36)29-14-5-2-6-15-29/h1-27,53-59H. The van der Waals surface area contributed by atoms with Crippen molar-refractivity contribution in [3.05, 3.63) is 164 Å². The summed E-state index contributed by atoms with van der Waals surface area (Å²) in [6.07, 6.45) is 0. The third kappa shape index (κ3) is 5.44. The van der Waals surface area contributed by atoms with E-state index in [1.807, 2.05) is 146 Å². The third-order valence-electron chi connectivity index (χ3n) is 11.4. The summed E-state index contributed by atoms with van der Waals surface area (Å²) in [5.74, 6) is -5.15. The lowest BCUT2D eigenvalue weighted by Crippen LogP contribution is -1.96. The van der Waals surface area contributed by atoms with Crippen LogP contribution in [-0.2, 0) is 0 Å². The zero-order valence-corrected chi connectivity index (χ0v) is 31.2. The predicted molar refractivity (Wildman–Crippen MR) is 235 cm³/mol. The predicted octanol–water partition coefficient (Wildman–Crippen LogP) is 12.6. The Morgan fingerprint density at radius 3 is 1.31 bits per heavy atom. The number of phenolic OH excluding ortho intramolecular Hbond substituents is 7. The van der Waals surface area contributed by atoms with Crippen LogP contribution in [0.5, 0.6) is 40.2 Å². The Kier molecular flexibility index (Phi) is 8.07. The number of rotatable bonds is 5. The van der Waals surface area contributed by atoms with Gasteiger partial charge in [-0.3, -0.25) is 0 Å². The second-order valence-corrected chi connectivity index (χ2v) is 14.7. The van der Waals surface area contributed by atoms with Crippen molar-refractivity contribution in [1.29, 1.82) is 0 Å². The van der Waals surface area contributed by atoms with E-state index >= 15 is 0 Å². The van der Waals surface area contributed by atoms with Gasteiger partial charge in [-0.15, -0.1) is 0 Å². The zero-order chi connectivity index (χ0) is 40.5. The molecular formula is C52H34O7. The van der Waals surface area contributed by atoms with Crippen LogP contribution in [0.2, 0.25) is 0 Å². The Bertz CT molecular complexity index is 3280. The molecule has 0 fully saturated rings. The van der Waals surface area contributed by atoms with Gasteiger partial charge < -0.3 is 35.7 Å². The lowest BCUT2D eigenvalue weighted by molar-refractivity contribution is 0.351. The summed E-state index contributed by atoms with van der Waals surface area (Å²) in [7, 11) is 0. The Balaban J connectivity index is 1.47. The van der Waals surface area contributed by atoms with Gasteiger partial charge in [-0.25, -0.2) is 0 Å². The zero-order valence-electron chi connectivity index (χ0n) is 31.2. The van der Waals surface area contributed by atoms with Crippen LogP contribution in [0.3, 0.4) is 0 Å². The summed E-state index contributed by atoms with van der Waals surface area (Å²) < 4.78 is 0. The molecule has 10 aromatic carbocycles. The molecule has 0 spiro atoms. The average Bonchev–Trinajstić information content (AvgIpc) is 3.28. The average molecular weight is 771 g/mol. The third-order valence-corrected chi connectivity index (χ3v) is 11.4. The minimum atomic E-state index is -0.981. The van der Waals surface area contributed by atoms with Crippen LogP contribution >= 0.6 is 0 Å². The first kappa shape index (κ1) is 35.3. The second-order valence-electron chi connectivity index (χ2n) is 14.7. The highest BCUT2D eigenvalue weighted by Gasteiger charge is 2.33. The Morgan fingerprint density at radius 2 is 0.695 bits per heavy atom. The van der Waals surface area contributed by atoms with Crippen molar-refractivity contribution in [1.82, 2.24) is 0 Å². The van der Waals surface area contributed by atoms with Crippen molar-refractivity contribution < 1.29 is 35.7 Å². The molecule has 59 heavy (non-hydrogen) atoms. The topological polar surface area (TPSA) is 142 Å². The number of hydrogen-bond acceptors (Lipinski definition) is 7. The fourth-order valence-electron chi connectivity index (χ4n) is 8.62. The van der Waals surface area contributed by atoms with E-state index in [-0.39, 0.29) is 38.2 Å². The molecule has 0 aliphatic carbocycles. The van der Waals surface area contributed by atoms with Gasteiger partial charge in [0.1, 0.15) is 5.75 Å². The SMILES string of the molecule is Oc1c(O)c(O)c2c(-c3cc(-c4ccccc4)cc(-c4ccccc4)c3)c3c(O)c(-c4cccc5ccccc45)c(O)c(O)c3c(-c3ccc4ccccc4c3)c2c1O. The van der Waals surface area contributed by atoms with Gasteiger partial charge in [0.15, 0.2) is 23.0 Å². The maximum absolute atomic E-state index is 12.9. The summed E-state index contributed by atoms with van der Waals surface area (Å²) >= 11 is 0. The van der Waals surface area contributed by atoms with Gasteiger partial charge in [-0.2, -0.15) is 0 Å². The van der Waals surface area contributed by atoms with Crippen LogP contribution in [-0.4, -0.2) is 35.7 Å². The quantitative estimate of drug-likeness (QED) is 0.0525. The molecule has 10 rings (SSSR count). The first-order chi connectivity index (χ1) is 28.7. The van der Waals surface area contributed by atoms with Gasteiger partial charge in [0.25, 0.3) is 0 Å². The van der Waals surface area contributed by atoms with Crippen molar-refractivity contribution >= 4 is 43.1 Å². The number of benzene rings is 10. The molecule has 0 aromatic heterocycles. The fraction of sp³-hybridized carbons (Fsp3) is 0. The van der Waals surface area contributed by atoms with Crippen molar-refractivity contribution in [2.24, 2.45) is 0 Å². The molecule has 0 bridgehead atoms. The Morgan fingerprint density at radius 1 is 0.237 bits per heavy atom. The van der Waals surface area contributed by atoms with Gasteiger partial charge in [-0.1, -0.05) is 140 Å². The number of aromatic hydroxyl groups is 7. The van der Waals surface area contributed by atoms with Gasteiger partial charge in [0.05, 0.1) is 5.56 Å². The van der Waals surface area contributed by atoms with Crippen LogP contribution in [0.25, 0.3) is 98.7 Å². The molecule has 0 saturated carbocycles. The molecule has 0 saturated heterocycles. The van der Waals surface area contributed by atoms with Crippen molar-refractivity contribution in [2.45, 2.75) is 0 Å². The molecule has 0 aliphatic heterocycles. The lowest BCUT2D eigenvalue weighted by atomic mass is 9.81. The van der Waals surface area contributed by atoms with Crippen LogP contribution < -0.4 is 0 Å². The van der Waals surface area contributed by atoms with Gasteiger partial charge in [0, 0.05) is 32.7 Å². The summed E-state index contributed by atoms with van der Waals surface area (Å²) in [5.41, 5.74) is 4.67. The monoisotopic (exact) mass is 770 g/mol. The summed E-state index contributed by atoms with van der Waals surface area (Å²) in [6, 6.07) is 51.0. The van der Waals surface area contributed by atoms with E-state index in [2.05, 4.69) is 0 Å². The summed E-state index contributed by atoms with van der Waals surface area (Å²) in [5, 5.41) is 87.1. The highest BCUT2D eigenvalue weighted by molar-refractivity contribution is 6.30.